The number of hydrogen-bond acceptors (Lipinski definition) is 4. The zero-order valence-corrected chi connectivity index (χ0v) is 18.2. The van der Waals surface area contributed by atoms with E-state index in [1.807, 2.05) is 11.9 Å². The van der Waals surface area contributed by atoms with Crippen molar-refractivity contribution in [2.45, 2.75) is 62.2 Å². The summed E-state index contributed by atoms with van der Waals surface area (Å²) in [5.41, 5.74) is 0.387. The SMILES string of the molecule is CC(COCC(F)(F)F)NC(=O)c1ccccc1SCC(=O)N(C)C1CCCCC1. The molecule has 2 rings (SSSR count). The molecule has 1 aliphatic rings. The van der Waals surface area contributed by atoms with Gasteiger partial charge in [-0.3, -0.25) is 9.59 Å². The molecule has 1 saturated carbocycles. The summed E-state index contributed by atoms with van der Waals surface area (Å²) in [6.45, 7) is -0.0197. The fraction of sp³-hybridized carbons (Fsp3) is 0.619. The van der Waals surface area contributed by atoms with Crippen LogP contribution in [0, 0.1) is 0 Å². The van der Waals surface area contributed by atoms with Gasteiger partial charge in [-0.05, 0) is 31.9 Å². The maximum absolute atomic E-state index is 12.6. The van der Waals surface area contributed by atoms with Crippen molar-refractivity contribution < 1.29 is 27.5 Å². The number of rotatable bonds is 9. The van der Waals surface area contributed by atoms with E-state index in [1.165, 1.54) is 18.2 Å². The van der Waals surface area contributed by atoms with Crippen molar-refractivity contribution in [3.63, 3.8) is 0 Å². The molecule has 1 N–H and O–H groups in total. The van der Waals surface area contributed by atoms with Crippen LogP contribution in [0.15, 0.2) is 29.2 Å². The van der Waals surface area contributed by atoms with E-state index in [9.17, 15) is 22.8 Å². The van der Waals surface area contributed by atoms with Crippen LogP contribution in [0.5, 0.6) is 0 Å². The lowest BCUT2D eigenvalue weighted by atomic mass is 9.94. The van der Waals surface area contributed by atoms with Crippen molar-refractivity contribution in [1.29, 1.82) is 0 Å². The maximum Gasteiger partial charge on any atom is 0.411 e. The van der Waals surface area contributed by atoms with Crippen LogP contribution in [0.1, 0.15) is 49.4 Å². The van der Waals surface area contributed by atoms with E-state index in [-0.39, 0.29) is 24.3 Å². The smallest absolute Gasteiger partial charge is 0.370 e. The number of nitrogens with zero attached hydrogens (tertiary/aromatic N) is 1. The van der Waals surface area contributed by atoms with E-state index in [0.717, 1.165) is 25.7 Å². The van der Waals surface area contributed by atoms with Crippen molar-refractivity contribution in [2.75, 3.05) is 26.0 Å². The summed E-state index contributed by atoms with van der Waals surface area (Å²) in [5, 5.41) is 2.64. The molecule has 1 unspecified atom stereocenters. The second-order valence-electron chi connectivity index (χ2n) is 7.59. The molecule has 0 aromatic heterocycles. The zero-order chi connectivity index (χ0) is 22.1. The molecule has 0 aliphatic heterocycles. The lowest BCUT2D eigenvalue weighted by Crippen LogP contribution is -2.39. The lowest BCUT2D eigenvalue weighted by Gasteiger charge is -2.31. The van der Waals surface area contributed by atoms with E-state index in [2.05, 4.69) is 10.1 Å². The molecule has 0 saturated heterocycles. The Bertz CT molecular complexity index is 709. The molecule has 1 aromatic rings. The number of carbonyl (C=O) groups excluding carboxylic acids is 2. The van der Waals surface area contributed by atoms with Crippen LogP contribution in [0.2, 0.25) is 0 Å². The highest BCUT2D eigenvalue weighted by atomic mass is 32.2. The molecule has 0 spiro atoms. The Hall–Kier alpha value is -1.74. The Labute approximate surface area is 179 Å². The molecule has 1 aliphatic carbocycles. The minimum absolute atomic E-state index is 0.0241. The number of ether oxygens (including phenoxy) is 1. The van der Waals surface area contributed by atoms with Gasteiger partial charge in [0, 0.05) is 24.0 Å². The summed E-state index contributed by atoms with van der Waals surface area (Å²) >= 11 is 1.29. The lowest BCUT2D eigenvalue weighted by molar-refractivity contribution is -0.174. The first-order valence-corrected chi connectivity index (χ1v) is 11.1. The van der Waals surface area contributed by atoms with E-state index < -0.39 is 24.7 Å². The molecule has 2 amide bonds. The average Bonchev–Trinajstić information content (AvgIpc) is 2.71. The van der Waals surface area contributed by atoms with Crippen LogP contribution >= 0.6 is 11.8 Å². The van der Waals surface area contributed by atoms with Gasteiger partial charge in [-0.15, -0.1) is 11.8 Å². The molecule has 0 radical (unpaired) electrons. The molecule has 1 aromatic carbocycles. The summed E-state index contributed by atoms with van der Waals surface area (Å²) in [6, 6.07) is 6.58. The third-order valence-corrected chi connectivity index (χ3v) is 6.07. The number of halogens is 3. The Kier molecular flexibility index (Phi) is 9.48. The van der Waals surface area contributed by atoms with Gasteiger partial charge >= 0.3 is 6.18 Å². The number of nitrogens with one attached hydrogen (secondary N) is 1. The van der Waals surface area contributed by atoms with E-state index >= 15 is 0 Å². The van der Waals surface area contributed by atoms with Crippen LogP contribution in [-0.2, 0) is 9.53 Å². The molecule has 5 nitrogen and oxygen atoms in total. The van der Waals surface area contributed by atoms with Crippen molar-refractivity contribution in [1.82, 2.24) is 10.2 Å². The molecule has 9 heteroatoms. The van der Waals surface area contributed by atoms with E-state index in [0.29, 0.717) is 10.5 Å². The van der Waals surface area contributed by atoms with Gasteiger partial charge in [0.25, 0.3) is 5.91 Å². The van der Waals surface area contributed by atoms with Crippen molar-refractivity contribution in [2.24, 2.45) is 0 Å². The highest BCUT2D eigenvalue weighted by Crippen LogP contribution is 2.26. The molecule has 0 bridgehead atoms. The normalized spacial score (nSPS) is 16.2. The van der Waals surface area contributed by atoms with Gasteiger partial charge in [0.2, 0.25) is 5.91 Å². The van der Waals surface area contributed by atoms with Crippen LogP contribution in [0.3, 0.4) is 0 Å². The standard InChI is InChI=1S/C21H29F3N2O3S/c1-15(12-29-14-21(22,23)24)25-20(28)17-10-6-7-11-18(17)30-13-19(27)26(2)16-8-4-3-5-9-16/h6-7,10-11,15-16H,3-5,8-9,12-14H2,1-2H3,(H,25,28). The maximum atomic E-state index is 12.6. The number of thioether (sulfide) groups is 1. The first-order chi connectivity index (χ1) is 14.2. The number of hydrogen-bond donors (Lipinski definition) is 1. The number of alkyl halides is 3. The third kappa shape index (κ3) is 8.18. The topological polar surface area (TPSA) is 58.6 Å². The highest BCUT2D eigenvalue weighted by molar-refractivity contribution is 8.00. The fourth-order valence-corrected chi connectivity index (χ4v) is 4.36. The van der Waals surface area contributed by atoms with Gasteiger partial charge in [-0.2, -0.15) is 13.2 Å². The molecular weight excluding hydrogens is 417 g/mol. The number of carbonyl (C=O) groups is 2. The van der Waals surface area contributed by atoms with Gasteiger partial charge in [0.1, 0.15) is 6.61 Å². The van der Waals surface area contributed by atoms with Gasteiger partial charge in [-0.1, -0.05) is 31.4 Å². The second-order valence-corrected chi connectivity index (χ2v) is 8.60. The van der Waals surface area contributed by atoms with Crippen LogP contribution in [0.25, 0.3) is 0 Å². The van der Waals surface area contributed by atoms with Crippen LogP contribution < -0.4 is 5.32 Å². The van der Waals surface area contributed by atoms with Gasteiger partial charge in [0.15, 0.2) is 0 Å². The summed E-state index contributed by atoms with van der Waals surface area (Å²) < 4.78 is 41.1. The Balaban J connectivity index is 1.88. The monoisotopic (exact) mass is 446 g/mol. The minimum atomic E-state index is -4.40. The Morgan fingerprint density at radius 1 is 1.23 bits per heavy atom. The van der Waals surface area contributed by atoms with Crippen LogP contribution in [0.4, 0.5) is 13.2 Å². The molecule has 168 valence electrons. The van der Waals surface area contributed by atoms with Crippen molar-refractivity contribution in [3.05, 3.63) is 29.8 Å². The molecular formula is C21H29F3N2O3S. The van der Waals surface area contributed by atoms with Crippen molar-refractivity contribution in [3.8, 4) is 0 Å². The van der Waals surface area contributed by atoms with Gasteiger partial charge in [0.05, 0.1) is 17.9 Å². The summed E-state index contributed by atoms with van der Waals surface area (Å²) in [5.74, 6) is -0.160. The second kappa shape index (κ2) is 11.6. The summed E-state index contributed by atoms with van der Waals surface area (Å²) in [4.78, 5) is 27.6. The van der Waals surface area contributed by atoms with Gasteiger partial charge in [-0.25, -0.2) is 0 Å². The Morgan fingerprint density at radius 2 is 1.90 bits per heavy atom. The Morgan fingerprint density at radius 3 is 2.57 bits per heavy atom. The average molecular weight is 447 g/mol. The van der Waals surface area contributed by atoms with E-state index in [1.54, 1.807) is 31.2 Å². The predicted octanol–water partition coefficient (Wildman–Crippen LogP) is 4.27. The van der Waals surface area contributed by atoms with Crippen LogP contribution in [-0.4, -0.2) is 61.0 Å². The summed E-state index contributed by atoms with van der Waals surface area (Å²) in [6.07, 6.45) is 1.16. The first-order valence-electron chi connectivity index (χ1n) is 10.1. The molecule has 1 atom stereocenters. The highest BCUT2D eigenvalue weighted by Gasteiger charge is 2.28. The number of amides is 2. The van der Waals surface area contributed by atoms with Gasteiger partial charge < -0.3 is 15.0 Å². The minimum Gasteiger partial charge on any atom is -0.370 e. The van der Waals surface area contributed by atoms with E-state index in [4.69, 9.17) is 0 Å². The predicted molar refractivity (Wildman–Crippen MR) is 111 cm³/mol. The largest absolute Gasteiger partial charge is 0.411 e. The first kappa shape index (κ1) is 24.5. The molecule has 30 heavy (non-hydrogen) atoms. The molecule has 1 fully saturated rings. The summed E-state index contributed by atoms with van der Waals surface area (Å²) in [7, 11) is 1.83. The third-order valence-electron chi connectivity index (χ3n) is 5.01. The van der Waals surface area contributed by atoms with Crippen molar-refractivity contribution >= 4 is 23.6 Å². The molecule has 0 heterocycles. The number of benzene rings is 1. The quantitative estimate of drug-likeness (QED) is 0.576. The fourth-order valence-electron chi connectivity index (χ4n) is 3.39. The zero-order valence-electron chi connectivity index (χ0n) is 17.3.